The smallest absolute Gasteiger partial charge is 0.354 e. The van der Waals surface area contributed by atoms with E-state index in [1.54, 1.807) is 24.0 Å². The van der Waals surface area contributed by atoms with Crippen LogP contribution >= 0.6 is 11.3 Å². The number of thiazole rings is 1. The van der Waals surface area contributed by atoms with E-state index < -0.39 is 36.2 Å². The van der Waals surface area contributed by atoms with Gasteiger partial charge in [0.1, 0.15) is 6.04 Å². The van der Waals surface area contributed by atoms with Crippen molar-refractivity contribution in [3.8, 4) is 0 Å². The van der Waals surface area contributed by atoms with Gasteiger partial charge in [-0.15, -0.1) is 11.3 Å². The van der Waals surface area contributed by atoms with Gasteiger partial charge in [-0.1, -0.05) is 29.4 Å². The molecule has 0 bridgehead atoms. The van der Waals surface area contributed by atoms with E-state index in [9.17, 15) is 24.3 Å². The Hall–Kier alpha value is -4.56. The number of nitrogens with zero attached hydrogens (tertiary/aromatic N) is 3. The molecule has 3 amide bonds. The zero-order chi connectivity index (χ0) is 28.8. The Morgan fingerprint density at radius 3 is 2.33 bits per heavy atom. The van der Waals surface area contributed by atoms with Gasteiger partial charge in [0.15, 0.2) is 10.8 Å². The van der Waals surface area contributed by atoms with Crippen LogP contribution in [0.5, 0.6) is 0 Å². The van der Waals surface area contributed by atoms with Gasteiger partial charge in [0.25, 0.3) is 11.8 Å². The quantitative estimate of drug-likeness (QED) is 0.0832. The Bertz CT molecular complexity index is 1400. The Kier molecular flexibility index (Phi) is 8.91. The zero-order valence-electron chi connectivity index (χ0n) is 21.4. The topological polar surface area (TPSA) is 197 Å². The molecule has 0 radical (unpaired) electrons. The van der Waals surface area contributed by atoms with Gasteiger partial charge in [0.2, 0.25) is 12.1 Å². The Balaban J connectivity index is 1.27. The summed E-state index contributed by atoms with van der Waals surface area (Å²) in [7, 11) is 0. The predicted octanol–water partition coefficient (Wildman–Crippen LogP) is 1.36. The molecular formula is C26H28N6O7S. The van der Waals surface area contributed by atoms with E-state index >= 15 is 0 Å². The number of rotatable bonds is 9. The summed E-state index contributed by atoms with van der Waals surface area (Å²) in [5.74, 6) is -2.83. The number of aromatic nitrogens is 1. The van der Waals surface area contributed by atoms with E-state index in [1.807, 2.05) is 12.1 Å². The fraction of sp³-hybridized carbons (Fsp3) is 0.308. The number of aliphatic carboxylic acids is 1. The third kappa shape index (κ3) is 6.71. The summed E-state index contributed by atoms with van der Waals surface area (Å²) in [6.45, 7) is 2.15. The largest absolute Gasteiger partial charge is 0.478 e. The number of likely N-dealkylation sites (tertiary alicyclic amines) is 1. The molecule has 1 aromatic heterocycles. The van der Waals surface area contributed by atoms with Gasteiger partial charge < -0.3 is 36.3 Å². The van der Waals surface area contributed by atoms with Crippen molar-refractivity contribution in [2.75, 3.05) is 13.1 Å². The highest BCUT2D eigenvalue weighted by Crippen LogP contribution is 2.22. The Morgan fingerprint density at radius 1 is 1.05 bits per heavy atom. The second kappa shape index (κ2) is 12.5. The highest BCUT2D eigenvalue weighted by atomic mass is 32.1. The maximum absolute atomic E-state index is 12.9. The molecule has 2 heterocycles. The van der Waals surface area contributed by atoms with E-state index in [2.05, 4.69) is 20.8 Å². The van der Waals surface area contributed by atoms with E-state index in [0.29, 0.717) is 29.5 Å². The predicted molar refractivity (Wildman–Crippen MR) is 145 cm³/mol. The molecule has 1 unspecified atom stereocenters. The van der Waals surface area contributed by atoms with Gasteiger partial charge >= 0.3 is 5.97 Å². The van der Waals surface area contributed by atoms with Crippen LogP contribution in [0.1, 0.15) is 45.5 Å². The van der Waals surface area contributed by atoms with Crippen LogP contribution in [0.25, 0.3) is 10.2 Å². The average Bonchev–Trinajstić information content (AvgIpc) is 3.41. The lowest BCUT2D eigenvalue weighted by Crippen LogP contribution is -2.51. The summed E-state index contributed by atoms with van der Waals surface area (Å²) >= 11 is 1.15. The van der Waals surface area contributed by atoms with Crippen molar-refractivity contribution in [3.05, 3.63) is 64.7 Å². The molecule has 1 fully saturated rings. The van der Waals surface area contributed by atoms with Gasteiger partial charge in [-0.25, -0.2) is 9.78 Å². The first-order chi connectivity index (χ1) is 19.2. The number of carboxylic acids is 1. The van der Waals surface area contributed by atoms with Crippen molar-refractivity contribution in [3.63, 3.8) is 0 Å². The molecule has 6 N–H and O–H groups in total. The molecule has 13 nitrogen and oxygen atoms in total. The minimum Gasteiger partial charge on any atom is -0.478 e. The summed E-state index contributed by atoms with van der Waals surface area (Å²) < 4.78 is 6.47. The first-order valence-electron chi connectivity index (χ1n) is 12.4. The van der Waals surface area contributed by atoms with Gasteiger partial charge in [-0.2, -0.15) is 0 Å². The molecule has 210 valence electrons. The lowest BCUT2D eigenvalue weighted by Gasteiger charge is -2.34. The summed E-state index contributed by atoms with van der Waals surface area (Å²) in [5, 5.41) is 26.4. The van der Waals surface area contributed by atoms with Crippen molar-refractivity contribution in [1.82, 2.24) is 20.5 Å². The second-order valence-corrected chi connectivity index (χ2v) is 10.1. The number of nitrogens with two attached hydrogens (primary N) is 1. The first kappa shape index (κ1) is 28.4. The van der Waals surface area contributed by atoms with Crippen LogP contribution in [0.4, 0.5) is 0 Å². The summed E-state index contributed by atoms with van der Waals surface area (Å²) in [4.78, 5) is 55.7. The average molecular weight is 569 g/mol. The lowest BCUT2D eigenvalue weighted by atomic mass is 10.1. The molecule has 0 aliphatic carbocycles. The molecule has 1 aliphatic rings. The zero-order valence-corrected chi connectivity index (χ0v) is 22.3. The standard InChI is InChI=1S/C26H28N6O7S/c1-14(28-21(33)16-8-6-15(7-9-16)20(27)31-38)25(35)32-12-10-17(11-13-32)39-23(26(36)37)30-22(34)24-29-18-4-2-3-5-19(18)40-24/h2-9,14,17,23,38H,10-13H2,1H3,(H2,27,31)(H,28,33)(H,30,34)(H,36,37)/t14?,23-/m0/s1. The van der Waals surface area contributed by atoms with Crippen molar-refractivity contribution < 1.29 is 34.2 Å². The number of carboxylic acid groups (broad SMARTS) is 1. The van der Waals surface area contributed by atoms with Crippen LogP contribution in [0.2, 0.25) is 0 Å². The summed E-state index contributed by atoms with van der Waals surface area (Å²) in [6.07, 6.45) is -1.38. The van der Waals surface area contributed by atoms with Crippen LogP contribution < -0.4 is 16.4 Å². The van der Waals surface area contributed by atoms with Crippen LogP contribution in [0, 0.1) is 0 Å². The minimum atomic E-state index is -1.57. The number of ether oxygens (including phenoxy) is 1. The summed E-state index contributed by atoms with van der Waals surface area (Å²) in [6, 6.07) is 12.4. The van der Waals surface area contributed by atoms with Crippen LogP contribution in [-0.4, -0.2) is 81.2 Å². The van der Waals surface area contributed by atoms with E-state index in [1.165, 1.54) is 24.3 Å². The highest BCUT2D eigenvalue weighted by Gasteiger charge is 2.31. The number of piperidine rings is 1. The van der Waals surface area contributed by atoms with Crippen molar-refractivity contribution in [2.24, 2.45) is 10.9 Å². The molecule has 2 atom stereocenters. The highest BCUT2D eigenvalue weighted by molar-refractivity contribution is 7.20. The number of para-hydroxylation sites is 1. The first-order valence-corrected chi connectivity index (χ1v) is 13.2. The molecule has 2 aromatic carbocycles. The molecule has 14 heteroatoms. The number of amidine groups is 1. The molecule has 4 rings (SSSR count). The van der Waals surface area contributed by atoms with Gasteiger partial charge in [0, 0.05) is 24.2 Å². The number of carbonyl (C=O) groups excluding carboxylic acids is 3. The summed E-state index contributed by atoms with van der Waals surface area (Å²) in [5.41, 5.74) is 6.91. The maximum atomic E-state index is 12.9. The molecule has 1 saturated heterocycles. The fourth-order valence-electron chi connectivity index (χ4n) is 4.17. The van der Waals surface area contributed by atoms with E-state index in [0.717, 1.165) is 16.0 Å². The van der Waals surface area contributed by atoms with Gasteiger partial charge in [0.05, 0.1) is 16.3 Å². The Morgan fingerprint density at radius 2 is 1.70 bits per heavy atom. The lowest BCUT2D eigenvalue weighted by molar-refractivity contribution is -0.159. The minimum absolute atomic E-state index is 0.0897. The molecule has 0 saturated carbocycles. The molecule has 40 heavy (non-hydrogen) atoms. The third-order valence-corrected chi connectivity index (χ3v) is 7.36. The third-order valence-electron chi connectivity index (χ3n) is 6.33. The van der Waals surface area contributed by atoms with Crippen molar-refractivity contribution in [1.29, 1.82) is 0 Å². The van der Waals surface area contributed by atoms with Crippen LogP contribution in [0.15, 0.2) is 53.7 Å². The molecule has 3 aromatic rings. The number of amides is 3. The monoisotopic (exact) mass is 568 g/mol. The van der Waals surface area contributed by atoms with Crippen molar-refractivity contribution >= 4 is 51.1 Å². The number of fused-ring (bicyclic) bond motifs is 1. The van der Waals surface area contributed by atoms with E-state index in [4.69, 9.17) is 15.7 Å². The van der Waals surface area contributed by atoms with Crippen LogP contribution in [0.3, 0.4) is 0 Å². The molecule has 0 spiro atoms. The van der Waals surface area contributed by atoms with Gasteiger partial charge in [-0.05, 0) is 44.0 Å². The van der Waals surface area contributed by atoms with E-state index in [-0.39, 0.29) is 29.8 Å². The molecule has 1 aliphatic heterocycles. The SMILES string of the molecule is CC(NC(=O)c1ccc(/C(N)=N/O)cc1)C(=O)N1CCC(O[C@H](NC(=O)c2nc3ccccc3s2)C(=O)O)CC1. The number of oxime groups is 1. The van der Waals surface area contributed by atoms with Gasteiger partial charge in [-0.3, -0.25) is 14.4 Å². The molecular weight excluding hydrogens is 540 g/mol. The second-order valence-electron chi connectivity index (χ2n) is 9.10. The number of nitrogens with one attached hydrogen (secondary N) is 2. The number of carbonyl (C=O) groups is 4. The fourth-order valence-corrected chi connectivity index (χ4v) is 5.04. The number of benzene rings is 2. The van der Waals surface area contributed by atoms with Crippen molar-refractivity contribution in [2.45, 2.75) is 38.1 Å². The number of hydrogen-bond acceptors (Lipinski definition) is 9. The normalized spacial score (nSPS) is 15.8. The van der Waals surface area contributed by atoms with Crippen LogP contribution in [-0.2, 0) is 14.3 Å². The Labute approximate surface area is 232 Å². The number of hydrogen-bond donors (Lipinski definition) is 5. The maximum Gasteiger partial charge on any atom is 0.354 e.